The Morgan fingerprint density at radius 2 is 1.43 bits per heavy atom. The molecule has 4 aromatic rings. The number of carboxylic acid groups (broad SMARTS) is 1. The molecule has 2 heterocycles. The van der Waals surface area contributed by atoms with Crippen LogP contribution in [0.1, 0.15) is 38.3 Å². The number of aliphatic hydroxyl groups is 1. The molecule has 0 unspecified atom stereocenters. The van der Waals surface area contributed by atoms with E-state index >= 15 is 0 Å². The van der Waals surface area contributed by atoms with Gasteiger partial charge in [-0.2, -0.15) is 0 Å². The third-order valence-corrected chi connectivity index (χ3v) is 7.41. The number of aldehydes is 2. The van der Waals surface area contributed by atoms with E-state index in [9.17, 15) is 28.7 Å². The van der Waals surface area contributed by atoms with Gasteiger partial charge in [0.25, 0.3) is 5.91 Å². The highest BCUT2D eigenvalue weighted by Gasteiger charge is 2.18. The summed E-state index contributed by atoms with van der Waals surface area (Å²) >= 11 is 6.29. The summed E-state index contributed by atoms with van der Waals surface area (Å²) < 4.78 is 17.8. The van der Waals surface area contributed by atoms with E-state index in [1.807, 2.05) is 0 Å². The number of hydrogen-bond acceptors (Lipinski definition) is 12. The van der Waals surface area contributed by atoms with Crippen molar-refractivity contribution in [3.8, 4) is 0 Å². The number of benzene rings is 2. The molecule has 4 rings (SSSR count). The number of hydrogen-bond donors (Lipinski definition) is 8. The van der Waals surface area contributed by atoms with Crippen molar-refractivity contribution < 1.29 is 33.8 Å². The number of nitrogens with one attached hydrogen (secondary N) is 2. The first-order chi connectivity index (χ1) is 25.4. The number of aromatic nitrogens is 4. The van der Waals surface area contributed by atoms with Crippen molar-refractivity contribution in [3.63, 3.8) is 0 Å². The molecule has 0 atom stereocenters. The summed E-state index contributed by atoms with van der Waals surface area (Å²) in [5.41, 5.74) is 23.9. The number of nitrogens with zero attached hydrogens (tertiary/aromatic N) is 4. The second-order valence-corrected chi connectivity index (χ2v) is 10.9. The van der Waals surface area contributed by atoms with Crippen LogP contribution in [0, 0.1) is 5.82 Å². The molecular formula is C35H40ClFN10O6. The summed E-state index contributed by atoms with van der Waals surface area (Å²) in [7, 11) is 2.68. The van der Waals surface area contributed by atoms with Crippen molar-refractivity contribution in [1.29, 1.82) is 0 Å². The average Bonchev–Trinajstić information content (AvgIpc) is 3.91. The fraction of sp³-hybridized carbons (Fsp3) is 0.143. The molecule has 0 radical (unpaired) electrons. The van der Waals surface area contributed by atoms with E-state index in [1.54, 1.807) is 48.7 Å². The van der Waals surface area contributed by atoms with Crippen molar-refractivity contribution in [2.45, 2.75) is 19.3 Å². The topological polar surface area (TPSA) is 273 Å². The normalized spacial score (nSPS) is 11.7. The highest BCUT2D eigenvalue weighted by molar-refractivity contribution is 6.31. The molecule has 0 spiro atoms. The third kappa shape index (κ3) is 12.8. The standard InChI is InChI=1S/C26H26ClFN6O4.C8H10N4O.CH4O/c1-31-22-10-15(19(27)9-17(22)13-35)3-2-4-16-11-23(18(26(37)38)12-20(16)28)33-25(36)21(29)5-6-24(30)34-8-7-32-14-34;9-7(5-13)1-2-8(10)12-4-3-11-6-12;1-2/h5-14,31H,2-4,29-30H2,1H3,(H,33,36)(H,37,38);1-6H,9-10H2;2H,1H3/b21-5-,24-6+;7-1-,8-2+;. The van der Waals surface area contributed by atoms with Gasteiger partial charge in [-0.25, -0.2) is 19.2 Å². The lowest BCUT2D eigenvalue weighted by molar-refractivity contribution is -0.113. The SMILES string of the molecule is CNc1cc(CCCc2cc(NC(=O)/C(N)=C/C=C(\N)n3ccnc3)c(C(=O)O)cc2F)c(Cl)cc1C=O.CO.N/C(C=O)=C\C=C(/N)n1ccnc1. The fourth-order valence-electron chi connectivity index (χ4n) is 4.36. The molecule has 12 N–H and O–H groups in total. The maximum absolute atomic E-state index is 14.7. The largest absolute Gasteiger partial charge is 0.478 e. The monoisotopic (exact) mass is 750 g/mol. The first-order valence-corrected chi connectivity index (χ1v) is 15.8. The molecule has 1 amide bonds. The molecule has 0 saturated carbocycles. The minimum Gasteiger partial charge on any atom is -0.478 e. The Morgan fingerprint density at radius 3 is 1.94 bits per heavy atom. The third-order valence-electron chi connectivity index (χ3n) is 7.06. The summed E-state index contributed by atoms with van der Waals surface area (Å²) in [4.78, 5) is 53.3. The molecule has 0 saturated heterocycles. The summed E-state index contributed by atoms with van der Waals surface area (Å²) in [5.74, 6) is -2.24. The quantitative estimate of drug-likeness (QED) is 0.0524. The van der Waals surface area contributed by atoms with E-state index < -0.39 is 23.3 Å². The predicted octanol–water partition coefficient (Wildman–Crippen LogP) is 2.93. The maximum Gasteiger partial charge on any atom is 0.337 e. The van der Waals surface area contributed by atoms with Crippen molar-refractivity contribution >= 4 is 59.1 Å². The molecule has 0 fully saturated rings. The number of rotatable bonds is 14. The highest BCUT2D eigenvalue weighted by atomic mass is 35.5. The number of imidazole rings is 2. The van der Waals surface area contributed by atoms with Gasteiger partial charge in [0.15, 0.2) is 12.6 Å². The highest BCUT2D eigenvalue weighted by Crippen LogP contribution is 2.27. The molecule has 53 heavy (non-hydrogen) atoms. The van der Waals surface area contributed by atoms with Crippen molar-refractivity contribution in [3.05, 3.63) is 130 Å². The van der Waals surface area contributed by atoms with E-state index in [2.05, 4.69) is 20.6 Å². The van der Waals surface area contributed by atoms with Crippen LogP contribution < -0.4 is 33.6 Å². The van der Waals surface area contributed by atoms with Crippen LogP contribution in [0.15, 0.2) is 97.4 Å². The number of halogens is 2. The Kier molecular flexibility index (Phi) is 17.2. The van der Waals surface area contributed by atoms with Crippen LogP contribution in [0.4, 0.5) is 15.8 Å². The van der Waals surface area contributed by atoms with Crippen LogP contribution in [-0.4, -0.2) is 67.9 Å². The molecule has 2 aromatic heterocycles. The molecule has 0 aliphatic rings. The smallest absolute Gasteiger partial charge is 0.337 e. The molecular weight excluding hydrogens is 711 g/mol. The van der Waals surface area contributed by atoms with Crippen molar-refractivity contribution in [2.24, 2.45) is 22.9 Å². The summed E-state index contributed by atoms with van der Waals surface area (Å²) in [6, 6.07) is 5.44. The number of aromatic carboxylic acids is 1. The fourth-order valence-corrected chi connectivity index (χ4v) is 4.63. The number of carbonyl (C=O) groups excluding carboxylic acids is 3. The second-order valence-electron chi connectivity index (χ2n) is 10.5. The summed E-state index contributed by atoms with van der Waals surface area (Å²) in [5, 5.41) is 22.3. The van der Waals surface area contributed by atoms with Gasteiger partial charge < -0.3 is 43.8 Å². The number of allylic oxidation sites excluding steroid dienone is 5. The van der Waals surface area contributed by atoms with Crippen LogP contribution in [0.2, 0.25) is 5.02 Å². The molecule has 0 aliphatic carbocycles. The van der Waals surface area contributed by atoms with E-state index in [-0.39, 0.29) is 34.9 Å². The van der Waals surface area contributed by atoms with Gasteiger partial charge in [-0.15, -0.1) is 0 Å². The lowest BCUT2D eigenvalue weighted by Gasteiger charge is -2.13. The van der Waals surface area contributed by atoms with E-state index in [1.165, 1.54) is 47.5 Å². The number of aliphatic hydroxyl groups excluding tert-OH is 1. The van der Waals surface area contributed by atoms with Crippen LogP contribution in [0.5, 0.6) is 0 Å². The Balaban J connectivity index is 0.000000542. The number of carboxylic acids is 1. The molecule has 16 nitrogen and oxygen atoms in total. The zero-order chi connectivity index (χ0) is 39.5. The first-order valence-electron chi connectivity index (χ1n) is 15.4. The number of amides is 1. The Morgan fingerprint density at radius 1 is 0.868 bits per heavy atom. The minimum atomic E-state index is -1.42. The van der Waals surface area contributed by atoms with Gasteiger partial charge in [-0.3, -0.25) is 23.5 Å². The predicted molar refractivity (Wildman–Crippen MR) is 201 cm³/mol. The molecule has 280 valence electrons. The first kappa shape index (κ1) is 42.4. The summed E-state index contributed by atoms with van der Waals surface area (Å²) in [6.45, 7) is 0. The van der Waals surface area contributed by atoms with Crippen molar-refractivity contribution in [1.82, 2.24) is 19.1 Å². The van der Waals surface area contributed by atoms with Gasteiger partial charge in [-0.05, 0) is 79.0 Å². The van der Waals surface area contributed by atoms with Gasteiger partial charge >= 0.3 is 5.97 Å². The van der Waals surface area contributed by atoms with Crippen LogP contribution >= 0.6 is 11.6 Å². The average molecular weight is 751 g/mol. The molecule has 2 aromatic carbocycles. The number of anilines is 2. The number of aryl methyl sites for hydroxylation is 2. The molecule has 18 heteroatoms. The minimum absolute atomic E-state index is 0.104. The molecule has 0 aliphatic heterocycles. The zero-order valence-electron chi connectivity index (χ0n) is 28.7. The Labute approximate surface area is 309 Å². The molecule has 0 bridgehead atoms. The van der Waals surface area contributed by atoms with Gasteiger partial charge in [0.1, 0.15) is 30.1 Å². The number of nitrogens with two attached hydrogens (primary N) is 4. The van der Waals surface area contributed by atoms with Crippen LogP contribution in [0.25, 0.3) is 11.6 Å². The second kappa shape index (κ2) is 21.5. The van der Waals surface area contributed by atoms with Crippen LogP contribution in [-0.2, 0) is 22.4 Å². The van der Waals surface area contributed by atoms with E-state index in [0.717, 1.165) is 18.7 Å². The van der Waals surface area contributed by atoms with Gasteiger partial charge in [0.05, 0.1) is 22.6 Å². The lowest BCUT2D eigenvalue weighted by Crippen LogP contribution is -2.22. The van der Waals surface area contributed by atoms with E-state index in [4.69, 9.17) is 39.6 Å². The van der Waals surface area contributed by atoms with Crippen molar-refractivity contribution in [2.75, 3.05) is 24.8 Å². The maximum atomic E-state index is 14.7. The van der Waals surface area contributed by atoms with Gasteiger partial charge in [0, 0.05) is 55.2 Å². The van der Waals surface area contributed by atoms with Crippen LogP contribution in [0.3, 0.4) is 0 Å². The van der Waals surface area contributed by atoms with E-state index in [0.29, 0.717) is 47.5 Å². The zero-order valence-corrected chi connectivity index (χ0v) is 29.5. The summed E-state index contributed by atoms with van der Waals surface area (Å²) in [6.07, 6.45) is 17.4. The number of carbonyl (C=O) groups is 4. The Hall–Kier alpha value is -6.72. The lowest BCUT2D eigenvalue weighted by atomic mass is 9.99. The Bertz CT molecular complexity index is 1990. The van der Waals surface area contributed by atoms with Gasteiger partial charge in [-0.1, -0.05) is 11.6 Å². The van der Waals surface area contributed by atoms with Gasteiger partial charge in [0.2, 0.25) is 0 Å².